The molecule has 2 aromatic rings. The number of unbranched alkanes of at least 4 members (excludes halogenated alkanes) is 3. The highest BCUT2D eigenvalue weighted by Crippen LogP contribution is 2.30. The molecular formula is C30H36N2O6. The normalized spacial score (nSPS) is 11.1. The molecule has 0 radical (unpaired) electrons. The number of hydrogen-bond donors (Lipinski definition) is 1. The molecule has 0 aromatic heterocycles. The number of carbonyl (C=O) groups is 2. The molecule has 0 saturated carbocycles. The van der Waals surface area contributed by atoms with Crippen LogP contribution in [0.3, 0.4) is 0 Å². The van der Waals surface area contributed by atoms with Gasteiger partial charge in [0.2, 0.25) is 0 Å². The Labute approximate surface area is 224 Å². The Kier molecular flexibility index (Phi) is 13.0. The summed E-state index contributed by atoms with van der Waals surface area (Å²) < 4.78 is 22.0. The predicted octanol–water partition coefficient (Wildman–Crippen LogP) is 5.71. The van der Waals surface area contributed by atoms with Crippen LogP contribution in [0.4, 0.5) is 0 Å². The maximum Gasteiger partial charge on any atom is 0.336 e. The maximum atomic E-state index is 12.5. The molecule has 0 spiro atoms. The van der Waals surface area contributed by atoms with Crippen molar-refractivity contribution in [2.24, 2.45) is 0 Å². The molecule has 2 rings (SSSR count). The van der Waals surface area contributed by atoms with Crippen LogP contribution in [0.15, 0.2) is 48.0 Å². The maximum absolute atomic E-state index is 12.5. The summed E-state index contributed by atoms with van der Waals surface area (Å²) in [5.74, 6) is 0.694. The topological polar surface area (TPSA) is 107 Å². The minimum atomic E-state index is -0.599. The molecule has 1 N–H and O–H groups in total. The molecule has 1 amide bonds. The largest absolute Gasteiger partial charge is 0.493 e. The first-order valence-electron chi connectivity index (χ1n) is 12.7. The van der Waals surface area contributed by atoms with Crippen LogP contribution in [0.2, 0.25) is 0 Å². The van der Waals surface area contributed by atoms with Gasteiger partial charge in [-0.05, 0) is 60.4 Å². The first-order valence-corrected chi connectivity index (χ1v) is 12.7. The van der Waals surface area contributed by atoms with Crippen molar-refractivity contribution < 1.29 is 28.5 Å². The molecule has 8 nitrogen and oxygen atoms in total. The van der Waals surface area contributed by atoms with Crippen LogP contribution >= 0.6 is 0 Å². The van der Waals surface area contributed by atoms with Crippen molar-refractivity contribution >= 4 is 24.0 Å². The fourth-order valence-electron chi connectivity index (χ4n) is 3.40. The van der Waals surface area contributed by atoms with Gasteiger partial charge in [0, 0.05) is 12.6 Å². The molecule has 202 valence electrons. The van der Waals surface area contributed by atoms with E-state index in [1.807, 2.05) is 25.1 Å². The van der Waals surface area contributed by atoms with Gasteiger partial charge in [-0.1, -0.05) is 45.2 Å². The summed E-state index contributed by atoms with van der Waals surface area (Å²) >= 11 is 0. The molecule has 2 aromatic carbocycles. The second-order valence-electron chi connectivity index (χ2n) is 8.41. The zero-order chi connectivity index (χ0) is 27.8. The van der Waals surface area contributed by atoms with E-state index in [4.69, 9.17) is 18.9 Å². The van der Waals surface area contributed by atoms with Crippen LogP contribution in [0.25, 0.3) is 12.2 Å². The van der Waals surface area contributed by atoms with Gasteiger partial charge < -0.3 is 24.3 Å². The van der Waals surface area contributed by atoms with Gasteiger partial charge >= 0.3 is 5.97 Å². The van der Waals surface area contributed by atoms with Crippen molar-refractivity contribution in [3.63, 3.8) is 0 Å². The Morgan fingerprint density at radius 1 is 0.895 bits per heavy atom. The van der Waals surface area contributed by atoms with Crippen LogP contribution in [0.5, 0.6) is 23.0 Å². The third kappa shape index (κ3) is 9.66. The summed E-state index contributed by atoms with van der Waals surface area (Å²) in [6.45, 7) is 5.28. The van der Waals surface area contributed by atoms with E-state index >= 15 is 0 Å². The Bertz CT molecular complexity index is 1180. The number of rotatable bonds is 15. The van der Waals surface area contributed by atoms with Gasteiger partial charge in [-0.25, -0.2) is 4.79 Å². The highest BCUT2D eigenvalue weighted by atomic mass is 16.6. The van der Waals surface area contributed by atoms with E-state index in [2.05, 4.69) is 12.2 Å². The minimum absolute atomic E-state index is 0.0244. The molecule has 0 heterocycles. The Morgan fingerprint density at radius 2 is 1.55 bits per heavy atom. The third-order valence-corrected chi connectivity index (χ3v) is 5.50. The SMILES string of the molecule is CCCCCOc1ccc(/C=C/C(=O)Oc2ccc(/C=C(\C#N)C(=O)NCCCC)cc2OC)cc1OC. The van der Waals surface area contributed by atoms with E-state index in [1.54, 1.807) is 37.5 Å². The first kappa shape index (κ1) is 30.0. The molecule has 0 bridgehead atoms. The number of carbonyl (C=O) groups excluding carboxylic acids is 2. The smallest absolute Gasteiger partial charge is 0.336 e. The van der Waals surface area contributed by atoms with Crippen molar-refractivity contribution in [3.8, 4) is 29.1 Å². The number of nitrogens with one attached hydrogen (secondary N) is 1. The van der Waals surface area contributed by atoms with Crippen molar-refractivity contribution in [1.82, 2.24) is 5.32 Å². The number of amides is 1. The van der Waals surface area contributed by atoms with E-state index in [0.29, 0.717) is 30.2 Å². The summed E-state index contributed by atoms with van der Waals surface area (Å²) in [4.78, 5) is 24.7. The summed E-state index contributed by atoms with van der Waals surface area (Å²) in [6, 6.07) is 12.1. The van der Waals surface area contributed by atoms with E-state index in [0.717, 1.165) is 37.7 Å². The second-order valence-corrected chi connectivity index (χ2v) is 8.41. The quantitative estimate of drug-likeness (QED) is 0.105. The van der Waals surface area contributed by atoms with Gasteiger partial charge in [-0.2, -0.15) is 5.26 Å². The van der Waals surface area contributed by atoms with Crippen molar-refractivity contribution in [2.75, 3.05) is 27.4 Å². The molecule has 0 aliphatic carbocycles. The van der Waals surface area contributed by atoms with Gasteiger partial charge in [0.15, 0.2) is 23.0 Å². The predicted molar refractivity (Wildman–Crippen MR) is 147 cm³/mol. The van der Waals surface area contributed by atoms with Crippen LogP contribution in [0.1, 0.15) is 57.1 Å². The molecule has 8 heteroatoms. The Hall–Kier alpha value is -4.25. The average molecular weight is 521 g/mol. The molecular weight excluding hydrogens is 484 g/mol. The van der Waals surface area contributed by atoms with Crippen molar-refractivity contribution in [2.45, 2.75) is 46.0 Å². The van der Waals surface area contributed by atoms with E-state index in [9.17, 15) is 14.9 Å². The highest BCUT2D eigenvalue weighted by Gasteiger charge is 2.12. The number of esters is 1. The summed E-state index contributed by atoms with van der Waals surface area (Å²) in [5, 5.41) is 12.1. The van der Waals surface area contributed by atoms with Gasteiger partial charge in [-0.15, -0.1) is 0 Å². The van der Waals surface area contributed by atoms with Crippen LogP contribution in [-0.4, -0.2) is 39.2 Å². The van der Waals surface area contributed by atoms with Crippen LogP contribution in [-0.2, 0) is 9.59 Å². The minimum Gasteiger partial charge on any atom is -0.493 e. The van der Waals surface area contributed by atoms with Gasteiger partial charge in [-0.3, -0.25) is 4.79 Å². The number of benzene rings is 2. The molecule has 38 heavy (non-hydrogen) atoms. The Balaban J connectivity index is 2.08. The lowest BCUT2D eigenvalue weighted by Crippen LogP contribution is -2.25. The summed E-state index contributed by atoms with van der Waals surface area (Å²) in [7, 11) is 3.01. The lowest BCUT2D eigenvalue weighted by molar-refractivity contribution is -0.129. The number of methoxy groups -OCH3 is 2. The number of hydrogen-bond acceptors (Lipinski definition) is 7. The summed E-state index contributed by atoms with van der Waals surface area (Å²) in [6.07, 6.45) is 9.35. The van der Waals surface area contributed by atoms with Crippen molar-refractivity contribution in [3.05, 3.63) is 59.2 Å². The fraction of sp³-hybridized carbons (Fsp3) is 0.367. The van der Waals surface area contributed by atoms with Crippen LogP contribution < -0.4 is 24.3 Å². The molecule has 0 aliphatic heterocycles. The molecule has 0 atom stereocenters. The fourth-order valence-corrected chi connectivity index (χ4v) is 3.40. The second kappa shape index (κ2) is 16.5. The standard InChI is InChI=1S/C30H36N2O6/c1-5-7-9-17-37-25-13-10-22(19-27(25)35-3)12-15-29(33)38-26-14-11-23(20-28(26)36-4)18-24(21-31)30(34)32-16-8-6-2/h10-15,18-20H,5-9,16-17H2,1-4H3,(H,32,34)/b15-12+,24-18+. The number of nitrogens with zero attached hydrogens (tertiary/aromatic N) is 1. The lowest BCUT2D eigenvalue weighted by Gasteiger charge is -2.11. The van der Waals surface area contributed by atoms with Gasteiger partial charge in [0.1, 0.15) is 11.6 Å². The molecule has 0 aliphatic rings. The zero-order valence-corrected chi connectivity index (χ0v) is 22.5. The van der Waals surface area contributed by atoms with Gasteiger partial charge in [0.05, 0.1) is 20.8 Å². The molecule has 0 unspecified atom stereocenters. The molecule has 0 fully saturated rings. The number of nitriles is 1. The Morgan fingerprint density at radius 3 is 2.24 bits per heavy atom. The van der Waals surface area contributed by atoms with Crippen molar-refractivity contribution in [1.29, 1.82) is 5.26 Å². The molecule has 0 saturated heterocycles. The lowest BCUT2D eigenvalue weighted by atomic mass is 10.1. The summed E-state index contributed by atoms with van der Waals surface area (Å²) in [5.41, 5.74) is 1.28. The number of ether oxygens (including phenoxy) is 4. The zero-order valence-electron chi connectivity index (χ0n) is 22.5. The monoisotopic (exact) mass is 520 g/mol. The van der Waals surface area contributed by atoms with Crippen LogP contribution in [0, 0.1) is 11.3 Å². The average Bonchev–Trinajstić information content (AvgIpc) is 2.93. The highest BCUT2D eigenvalue weighted by molar-refractivity contribution is 6.01. The van der Waals surface area contributed by atoms with E-state index in [1.165, 1.54) is 19.3 Å². The van der Waals surface area contributed by atoms with E-state index < -0.39 is 11.9 Å². The third-order valence-electron chi connectivity index (χ3n) is 5.50. The van der Waals surface area contributed by atoms with Gasteiger partial charge in [0.25, 0.3) is 5.91 Å². The van der Waals surface area contributed by atoms with E-state index in [-0.39, 0.29) is 17.1 Å². The first-order chi connectivity index (χ1) is 18.4.